The molecule has 8 heteroatoms. The summed E-state index contributed by atoms with van der Waals surface area (Å²) in [5.74, 6) is 0.705. The van der Waals surface area contributed by atoms with Crippen molar-refractivity contribution < 1.29 is 24.1 Å². The maximum absolute atomic E-state index is 10.8. The number of carboxylic acid groups (broad SMARTS) is 1. The highest BCUT2D eigenvalue weighted by Crippen LogP contribution is 2.37. The van der Waals surface area contributed by atoms with Gasteiger partial charge in [-0.1, -0.05) is 37.6 Å². The molecule has 2 aromatic heterocycles. The lowest BCUT2D eigenvalue weighted by Crippen LogP contribution is -2.10. The van der Waals surface area contributed by atoms with Crippen LogP contribution in [-0.2, 0) is 17.8 Å². The molecule has 4 rings (SSSR count). The summed E-state index contributed by atoms with van der Waals surface area (Å²) in [7, 11) is 1.59. The van der Waals surface area contributed by atoms with Gasteiger partial charge in [-0.2, -0.15) is 0 Å². The number of hydrogen-bond donors (Lipinski definition) is 1. The maximum Gasteiger partial charge on any atom is 0.341 e. The van der Waals surface area contributed by atoms with Crippen molar-refractivity contribution >= 4 is 17.3 Å². The van der Waals surface area contributed by atoms with Gasteiger partial charge in [0, 0.05) is 17.8 Å². The lowest BCUT2D eigenvalue weighted by molar-refractivity contribution is -0.139. The van der Waals surface area contributed by atoms with Gasteiger partial charge in [0.1, 0.15) is 23.1 Å². The average Bonchev–Trinajstić information content (AvgIpc) is 3.32. The molecule has 1 N–H and O–H groups in total. The molecule has 0 aliphatic heterocycles. The van der Waals surface area contributed by atoms with Crippen molar-refractivity contribution in [2.75, 3.05) is 13.7 Å². The van der Waals surface area contributed by atoms with Crippen LogP contribution in [0.4, 0.5) is 0 Å². The zero-order valence-electron chi connectivity index (χ0n) is 20.5. The molecule has 0 fully saturated rings. The van der Waals surface area contributed by atoms with Crippen molar-refractivity contribution in [3.63, 3.8) is 0 Å². The summed E-state index contributed by atoms with van der Waals surface area (Å²) >= 11 is 1.59. The SMILES string of the molecule is CCCc1ccc(-c2sc(COc3ccc(OCC(=O)O)c(C)c3)nc2-c2ccc(OC)nc2)cc1. The van der Waals surface area contributed by atoms with Crippen molar-refractivity contribution in [3.8, 4) is 39.1 Å². The van der Waals surface area contributed by atoms with Crippen LogP contribution in [0.25, 0.3) is 21.7 Å². The Morgan fingerprint density at radius 3 is 2.44 bits per heavy atom. The highest BCUT2D eigenvalue weighted by atomic mass is 32.1. The zero-order chi connectivity index (χ0) is 25.5. The molecule has 0 bridgehead atoms. The van der Waals surface area contributed by atoms with Gasteiger partial charge in [-0.3, -0.25) is 0 Å². The van der Waals surface area contributed by atoms with Crippen LogP contribution in [0, 0.1) is 6.92 Å². The molecule has 7 nitrogen and oxygen atoms in total. The van der Waals surface area contributed by atoms with Crippen LogP contribution >= 0.6 is 11.3 Å². The van der Waals surface area contributed by atoms with Crippen molar-refractivity contribution in [2.45, 2.75) is 33.3 Å². The van der Waals surface area contributed by atoms with E-state index in [-0.39, 0.29) is 6.61 Å². The smallest absolute Gasteiger partial charge is 0.341 e. The van der Waals surface area contributed by atoms with Crippen LogP contribution in [0.5, 0.6) is 17.4 Å². The van der Waals surface area contributed by atoms with Crippen LogP contribution in [0.3, 0.4) is 0 Å². The van der Waals surface area contributed by atoms with Crippen molar-refractivity contribution in [2.24, 2.45) is 0 Å². The average molecular weight is 505 g/mol. The number of methoxy groups -OCH3 is 1. The molecule has 0 saturated heterocycles. The molecule has 0 aliphatic rings. The minimum Gasteiger partial charge on any atom is -0.486 e. The second-order valence-corrected chi connectivity index (χ2v) is 9.30. The van der Waals surface area contributed by atoms with E-state index < -0.39 is 5.97 Å². The van der Waals surface area contributed by atoms with Crippen LogP contribution in [0.1, 0.15) is 29.5 Å². The van der Waals surface area contributed by atoms with Gasteiger partial charge >= 0.3 is 5.97 Å². The van der Waals surface area contributed by atoms with Gasteiger partial charge in [-0.05, 0) is 54.3 Å². The predicted octanol–water partition coefficient (Wildman–Crippen LogP) is 6.18. The third-order valence-electron chi connectivity index (χ3n) is 5.51. The standard InChI is InChI=1S/C28H28N2O5S/c1-4-5-19-6-8-20(9-7-19)28-27(21-10-13-24(33-3)29-15-21)30-25(36-28)16-34-22-11-12-23(18(2)14-22)35-17-26(31)32/h6-15H,4-5,16-17H2,1-3H3,(H,31,32). The quantitative estimate of drug-likeness (QED) is 0.261. The molecule has 0 atom stereocenters. The molecular formula is C28H28N2O5S. The number of carboxylic acids is 1. The number of rotatable bonds is 11. The van der Waals surface area contributed by atoms with Gasteiger partial charge in [0.2, 0.25) is 5.88 Å². The fraction of sp³-hybridized carbons (Fsp3) is 0.250. The summed E-state index contributed by atoms with van der Waals surface area (Å²) in [6.07, 6.45) is 3.93. The Labute approximate surface area is 214 Å². The molecule has 2 heterocycles. The highest BCUT2D eigenvalue weighted by molar-refractivity contribution is 7.15. The normalized spacial score (nSPS) is 10.8. The highest BCUT2D eigenvalue weighted by Gasteiger charge is 2.16. The molecule has 0 aliphatic carbocycles. The zero-order valence-corrected chi connectivity index (χ0v) is 21.3. The van der Waals surface area contributed by atoms with Crippen LogP contribution in [-0.4, -0.2) is 34.8 Å². The molecule has 0 radical (unpaired) electrons. The second-order valence-electron chi connectivity index (χ2n) is 8.22. The van der Waals surface area contributed by atoms with Crippen molar-refractivity contribution in [1.29, 1.82) is 0 Å². The Balaban J connectivity index is 1.58. The van der Waals surface area contributed by atoms with E-state index in [0.717, 1.165) is 45.1 Å². The molecule has 4 aromatic rings. The third kappa shape index (κ3) is 6.20. The monoisotopic (exact) mass is 504 g/mol. The molecule has 36 heavy (non-hydrogen) atoms. The minimum atomic E-state index is -1.02. The number of aromatic nitrogens is 2. The van der Waals surface area contributed by atoms with Crippen molar-refractivity contribution in [3.05, 3.63) is 76.9 Å². The van der Waals surface area contributed by atoms with E-state index in [2.05, 4.69) is 36.2 Å². The number of ether oxygens (including phenoxy) is 3. The van der Waals surface area contributed by atoms with Gasteiger partial charge in [0.15, 0.2) is 6.61 Å². The largest absolute Gasteiger partial charge is 0.486 e. The lowest BCUT2D eigenvalue weighted by Gasteiger charge is -2.09. The maximum atomic E-state index is 10.8. The van der Waals surface area contributed by atoms with E-state index in [1.165, 1.54) is 5.56 Å². The summed E-state index contributed by atoms with van der Waals surface area (Å²) in [6, 6.07) is 17.7. The van der Waals surface area contributed by atoms with Gasteiger partial charge in [-0.15, -0.1) is 11.3 Å². The van der Waals surface area contributed by atoms with Crippen LogP contribution in [0.15, 0.2) is 60.8 Å². The number of aryl methyl sites for hydroxylation is 2. The number of carbonyl (C=O) groups is 1. The molecule has 0 unspecified atom stereocenters. The fourth-order valence-corrected chi connectivity index (χ4v) is 4.73. The summed E-state index contributed by atoms with van der Waals surface area (Å²) in [5, 5.41) is 9.65. The third-order valence-corrected chi connectivity index (χ3v) is 6.58. The van der Waals surface area contributed by atoms with E-state index >= 15 is 0 Å². The van der Waals surface area contributed by atoms with Crippen LogP contribution < -0.4 is 14.2 Å². The van der Waals surface area contributed by atoms with Gasteiger partial charge < -0.3 is 19.3 Å². The molecule has 0 amide bonds. The summed E-state index contributed by atoms with van der Waals surface area (Å²) in [4.78, 5) is 21.1. The predicted molar refractivity (Wildman–Crippen MR) is 140 cm³/mol. The lowest BCUT2D eigenvalue weighted by atomic mass is 10.0. The second kappa shape index (κ2) is 11.7. The van der Waals surface area contributed by atoms with Crippen LogP contribution in [0.2, 0.25) is 0 Å². The Morgan fingerprint density at radius 2 is 1.81 bits per heavy atom. The van der Waals surface area contributed by atoms with E-state index in [0.29, 0.717) is 24.0 Å². The van der Waals surface area contributed by atoms with Crippen molar-refractivity contribution in [1.82, 2.24) is 9.97 Å². The summed E-state index contributed by atoms with van der Waals surface area (Å²) in [6.45, 7) is 3.94. The number of thiazole rings is 1. The number of aliphatic carboxylic acids is 1. The molecule has 0 spiro atoms. The number of benzene rings is 2. The van der Waals surface area contributed by atoms with Gasteiger partial charge in [0.05, 0.1) is 17.7 Å². The van der Waals surface area contributed by atoms with E-state index in [9.17, 15) is 4.79 Å². The van der Waals surface area contributed by atoms with Gasteiger partial charge in [0.25, 0.3) is 0 Å². The minimum absolute atomic E-state index is 0.296. The number of pyridine rings is 1. The first-order chi connectivity index (χ1) is 17.5. The molecular weight excluding hydrogens is 476 g/mol. The Kier molecular flexibility index (Phi) is 8.17. The fourth-order valence-electron chi connectivity index (χ4n) is 3.73. The topological polar surface area (TPSA) is 90.8 Å². The molecule has 186 valence electrons. The number of nitrogens with zero attached hydrogens (tertiary/aromatic N) is 2. The Hall–Kier alpha value is -3.91. The first kappa shape index (κ1) is 25.2. The van der Waals surface area contributed by atoms with E-state index in [4.69, 9.17) is 24.3 Å². The molecule has 0 saturated carbocycles. The first-order valence-electron chi connectivity index (χ1n) is 11.6. The van der Waals surface area contributed by atoms with Gasteiger partial charge in [-0.25, -0.2) is 14.8 Å². The van der Waals surface area contributed by atoms with E-state index in [1.807, 2.05) is 25.1 Å². The Bertz CT molecular complexity index is 1320. The summed E-state index contributed by atoms with van der Waals surface area (Å²) in [5.41, 5.74) is 4.96. The first-order valence-corrected chi connectivity index (χ1v) is 12.5. The van der Waals surface area contributed by atoms with E-state index in [1.54, 1.807) is 36.8 Å². The molecule has 2 aromatic carbocycles. The summed E-state index contributed by atoms with van der Waals surface area (Å²) < 4.78 is 16.5. The Morgan fingerprint density at radius 1 is 1.03 bits per heavy atom. The number of hydrogen-bond acceptors (Lipinski definition) is 7.